The Morgan fingerprint density at radius 2 is 2.00 bits per heavy atom. The van der Waals surface area contributed by atoms with Gasteiger partial charge in [-0.05, 0) is 26.2 Å². The molecule has 0 fully saturated rings. The largest absolute Gasteiger partial charge is 0.396 e. The number of unbranched alkanes of at least 4 members (excludes halogenated alkanes) is 1. The smallest absolute Gasteiger partial charge is 0.220 e. The molecule has 0 aromatic carbocycles. The van der Waals surface area contributed by atoms with Crippen molar-refractivity contribution in [1.29, 1.82) is 0 Å². The molecule has 0 saturated carbocycles. The van der Waals surface area contributed by atoms with Crippen LogP contribution in [0, 0.1) is 0 Å². The number of amides is 1. The predicted molar refractivity (Wildman–Crippen MR) is 54.9 cm³/mol. The molecule has 0 radical (unpaired) electrons. The second-order valence-corrected chi connectivity index (χ2v) is 3.80. The molecule has 0 saturated heterocycles. The zero-order valence-electron chi connectivity index (χ0n) is 9.05. The molecule has 1 amide bonds. The Kier molecular flexibility index (Phi) is 6.49. The molecular weight excluding hydrogens is 182 g/mol. The standard InChI is InChI=1S/C10H21NO3/c1-3-10(2,8-13)11-9(14)6-4-5-7-12/h12-13H,3-8H2,1-2H3,(H,11,14). The van der Waals surface area contributed by atoms with Crippen LogP contribution in [0.15, 0.2) is 0 Å². The fraction of sp³-hybridized carbons (Fsp3) is 0.900. The van der Waals surface area contributed by atoms with E-state index in [9.17, 15) is 4.79 Å². The Hall–Kier alpha value is -0.610. The summed E-state index contributed by atoms with van der Waals surface area (Å²) in [4.78, 5) is 11.3. The van der Waals surface area contributed by atoms with Crippen molar-refractivity contribution < 1.29 is 15.0 Å². The molecule has 0 heterocycles. The number of carbonyl (C=O) groups is 1. The maximum atomic E-state index is 11.3. The lowest BCUT2D eigenvalue weighted by Crippen LogP contribution is -2.48. The van der Waals surface area contributed by atoms with Crippen LogP contribution in [-0.4, -0.2) is 34.9 Å². The molecule has 0 spiro atoms. The van der Waals surface area contributed by atoms with Gasteiger partial charge in [-0.25, -0.2) is 0 Å². The van der Waals surface area contributed by atoms with E-state index in [1.54, 1.807) is 0 Å². The molecule has 0 bridgehead atoms. The van der Waals surface area contributed by atoms with E-state index in [-0.39, 0.29) is 19.1 Å². The van der Waals surface area contributed by atoms with Crippen LogP contribution in [0.25, 0.3) is 0 Å². The summed E-state index contributed by atoms with van der Waals surface area (Å²) in [6, 6.07) is 0. The number of hydrogen-bond donors (Lipinski definition) is 3. The van der Waals surface area contributed by atoms with E-state index in [1.165, 1.54) is 0 Å². The van der Waals surface area contributed by atoms with Crippen LogP contribution >= 0.6 is 0 Å². The van der Waals surface area contributed by atoms with Crippen molar-refractivity contribution in [2.24, 2.45) is 0 Å². The van der Waals surface area contributed by atoms with Gasteiger partial charge in [0.15, 0.2) is 0 Å². The Morgan fingerprint density at radius 3 is 2.43 bits per heavy atom. The molecule has 4 nitrogen and oxygen atoms in total. The van der Waals surface area contributed by atoms with E-state index >= 15 is 0 Å². The van der Waals surface area contributed by atoms with Crippen molar-refractivity contribution in [2.75, 3.05) is 13.2 Å². The summed E-state index contributed by atoms with van der Waals surface area (Å²) < 4.78 is 0. The minimum atomic E-state index is -0.504. The minimum absolute atomic E-state index is 0.0464. The molecule has 84 valence electrons. The summed E-state index contributed by atoms with van der Waals surface area (Å²) in [5.41, 5.74) is -0.504. The first-order valence-corrected chi connectivity index (χ1v) is 5.10. The van der Waals surface area contributed by atoms with Crippen molar-refractivity contribution in [3.8, 4) is 0 Å². The molecular formula is C10H21NO3. The van der Waals surface area contributed by atoms with E-state index in [4.69, 9.17) is 10.2 Å². The average Bonchev–Trinajstić information content (AvgIpc) is 2.18. The molecule has 0 aliphatic carbocycles. The van der Waals surface area contributed by atoms with Crippen molar-refractivity contribution >= 4 is 5.91 Å². The highest BCUT2D eigenvalue weighted by molar-refractivity contribution is 5.76. The second kappa shape index (κ2) is 6.79. The van der Waals surface area contributed by atoms with Gasteiger partial charge in [0.1, 0.15) is 0 Å². The lowest BCUT2D eigenvalue weighted by Gasteiger charge is -2.27. The van der Waals surface area contributed by atoms with E-state index in [0.717, 1.165) is 0 Å². The maximum absolute atomic E-state index is 11.3. The highest BCUT2D eigenvalue weighted by Gasteiger charge is 2.22. The van der Waals surface area contributed by atoms with Crippen molar-refractivity contribution in [3.05, 3.63) is 0 Å². The summed E-state index contributed by atoms with van der Waals surface area (Å²) in [6.07, 6.45) is 2.45. The number of rotatable bonds is 7. The first-order valence-electron chi connectivity index (χ1n) is 5.10. The Labute approximate surface area is 85.3 Å². The molecule has 0 aromatic rings. The summed E-state index contributed by atoms with van der Waals surface area (Å²) in [5, 5.41) is 20.4. The third kappa shape index (κ3) is 5.19. The first kappa shape index (κ1) is 13.4. The van der Waals surface area contributed by atoms with Crippen LogP contribution in [0.2, 0.25) is 0 Å². The highest BCUT2D eigenvalue weighted by atomic mass is 16.3. The van der Waals surface area contributed by atoms with Gasteiger partial charge < -0.3 is 15.5 Å². The van der Waals surface area contributed by atoms with Gasteiger partial charge in [-0.2, -0.15) is 0 Å². The minimum Gasteiger partial charge on any atom is -0.396 e. The monoisotopic (exact) mass is 203 g/mol. The quantitative estimate of drug-likeness (QED) is 0.525. The second-order valence-electron chi connectivity index (χ2n) is 3.80. The molecule has 3 N–H and O–H groups in total. The summed E-state index contributed by atoms with van der Waals surface area (Å²) >= 11 is 0. The molecule has 0 rings (SSSR count). The van der Waals surface area contributed by atoms with Crippen molar-refractivity contribution in [3.63, 3.8) is 0 Å². The topological polar surface area (TPSA) is 69.6 Å². The van der Waals surface area contributed by atoms with E-state index < -0.39 is 5.54 Å². The third-order valence-corrected chi connectivity index (χ3v) is 2.38. The molecule has 0 aliphatic heterocycles. The zero-order valence-corrected chi connectivity index (χ0v) is 9.05. The number of hydrogen-bond acceptors (Lipinski definition) is 3. The fourth-order valence-electron chi connectivity index (χ4n) is 1.04. The lowest BCUT2D eigenvalue weighted by molar-refractivity contribution is -0.123. The van der Waals surface area contributed by atoms with E-state index in [0.29, 0.717) is 25.7 Å². The van der Waals surface area contributed by atoms with Gasteiger partial charge >= 0.3 is 0 Å². The third-order valence-electron chi connectivity index (χ3n) is 2.38. The Morgan fingerprint density at radius 1 is 1.36 bits per heavy atom. The normalized spacial score (nSPS) is 14.9. The van der Waals surface area contributed by atoms with Gasteiger partial charge in [0.05, 0.1) is 12.1 Å². The van der Waals surface area contributed by atoms with Gasteiger partial charge in [-0.3, -0.25) is 4.79 Å². The molecule has 1 unspecified atom stereocenters. The average molecular weight is 203 g/mol. The number of carbonyl (C=O) groups excluding carboxylic acids is 1. The van der Waals surface area contributed by atoms with Crippen LogP contribution in [0.5, 0.6) is 0 Å². The van der Waals surface area contributed by atoms with Crippen LogP contribution < -0.4 is 5.32 Å². The van der Waals surface area contributed by atoms with Gasteiger partial charge in [0, 0.05) is 13.0 Å². The zero-order chi connectivity index (χ0) is 11.0. The first-order chi connectivity index (χ1) is 6.58. The number of aliphatic hydroxyl groups is 2. The Balaban J connectivity index is 3.80. The SMILES string of the molecule is CCC(C)(CO)NC(=O)CCCCO. The van der Waals surface area contributed by atoms with Crippen molar-refractivity contribution in [2.45, 2.75) is 45.1 Å². The highest BCUT2D eigenvalue weighted by Crippen LogP contribution is 2.08. The molecule has 14 heavy (non-hydrogen) atoms. The molecule has 1 atom stereocenters. The van der Waals surface area contributed by atoms with Crippen LogP contribution in [0.1, 0.15) is 39.5 Å². The number of nitrogens with one attached hydrogen (secondary N) is 1. The number of aliphatic hydroxyl groups excluding tert-OH is 2. The predicted octanol–water partition coefficient (Wildman–Crippen LogP) is 0.426. The maximum Gasteiger partial charge on any atom is 0.220 e. The van der Waals surface area contributed by atoms with Crippen LogP contribution in [0.3, 0.4) is 0 Å². The molecule has 0 aromatic heterocycles. The lowest BCUT2D eigenvalue weighted by atomic mass is 10.00. The van der Waals surface area contributed by atoms with Crippen LogP contribution in [0.4, 0.5) is 0 Å². The van der Waals surface area contributed by atoms with Crippen molar-refractivity contribution in [1.82, 2.24) is 5.32 Å². The summed E-state index contributed by atoms with van der Waals surface area (Å²) in [5.74, 6) is -0.0585. The van der Waals surface area contributed by atoms with Gasteiger partial charge in [-0.15, -0.1) is 0 Å². The Bertz CT molecular complexity index is 167. The van der Waals surface area contributed by atoms with Gasteiger partial charge in [-0.1, -0.05) is 6.92 Å². The van der Waals surface area contributed by atoms with E-state index in [2.05, 4.69) is 5.32 Å². The summed E-state index contributed by atoms with van der Waals surface area (Å²) in [7, 11) is 0. The van der Waals surface area contributed by atoms with Crippen LogP contribution in [-0.2, 0) is 4.79 Å². The van der Waals surface area contributed by atoms with Gasteiger partial charge in [0.2, 0.25) is 5.91 Å². The molecule has 0 aliphatic rings. The van der Waals surface area contributed by atoms with E-state index in [1.807, 2.05) is 13.8 Å². The summed E-state index contributed by atoms with van der Waals surface area (Å²) in [6.45, 7) is 3.81. The fourth-order valence-corrected chi connectivity index (χ4v) is 1.04. The molecule has 4 heteroatoms. The van der Waals surface area contributed by atoms with Gasteiger partial charge in [0.25, 0.3) is 0 Å².